The zero-order valence-electron chi connectivity index (χ0n) is 16.1. The molecule has 9 nitrogen and oxygen atoms in total. The number of rotatable bonds is 8. The van der Waals surface area contributed by atoms with E-state index in [1.165, 1.54) is 12.4 Å². The molecule has 0 saturated carbocycles. The predicted octanol–water partition coefficient (Wildman–Crippen LogP) is 2.39. The van der Waals surface area contributed by atoms with Crippen molar-refractivity contribution < 1.29 is 23.7 Å². The van der Waals surface area contributed by atoms with Crippen molar-refractivity contribution in [3.8, 4) is 23.0 Å². The number of nitrogens with one attached hydrogen (secondary N) is 2. The van der Waals surface area contributed by atoms with Gasteiger partial charge in [0, 0.05) is 11.1 Å². The van der Waals surface area contributed by atoms with Crippen LogP contribution in [0.4, 0.5) is 4.79 Å². The lowest BCUT2D eigenvalue weighted by atomic mass is 10.2. The first-order chi connectivity index (χ1) is 13.6. The molecule has 0 aliphatic heterocycles. The summed E-state index contributed by atoms with van der Waals surface area (Å²) in [5.41, 5.74) is 5.91. The summed E-state index contributed by atoms with van der Waals surface area (Å²) in [6.07, 6.45) is 2.88. The molecule has 0 aliphatic carbocycles. The van der Waals surface area contributed by atoms with E-state index in [1.807, 2.05) is 0 Å². The van der Waals surface area contributed by atoms with E-state index >= 15 is 0 Å². The summed E-state index contributed by atoms with van der Waals surface area (Å²) in [5.74, 6) is 2.47. The minimum absolute atomic E-state index is 0.592. The summed E-state index contributed by atoms with van der Waals surface area (Å²) in [7, 11) is 6.20. The molecule has 0 heterocycles. The van der Waals surface area contributed by atoms with Crippen molar-refractivity contribution in [3.05, 3.63) is 47.5 Å². The van der Waals surface area contributed by atoms with Gasteiger partial charge in [-0.3, -0.25) is 0 Å². The second-order valence-electron chi connectivity index (χ2n) is 5.28. The summed E-state index contributed by atoms with van der Waals surface area (Å²) in [5, 5.41) is 7.74. The number of benzene rings is 2. The lowest BCUT2D eigenvalue weighted by Gasteiger charge is -2.07. The van der Waals surface area contributed by atoms with Gasteiger partial charge in [-0.05, 0) is 36.4 Å². The summed E-state index contributed by atoms with van der Waals surface area (Å²) < 4.78 is 20.8. The van der Waals surface area contributed by atoms with Crippen LogP contribution in [0.1, 0.15) is 11.1 Å². The van der Waals surface area contributed by atoms with Crippen molar-refractivity contribution in [2.24, 2.45) is 10.2 Å². The third-order valence-electron chi connectivity index (χ3n) is 3.61. The standard InChI is InChI=1S/C19H22N4O5/c1-25-15-5-7-17(27-3)13(9-15)11-20-22-19(24)23-21-12-14-10-16(26-2)6-8-18(14)28-4/h5-12H,1-4H3,(H2,22,23,24)/b20-11+,21-12?. The zero-order valence-corrected chi connectivity index (χ0v) is 16.1. The first-order valence-corrected chi connectivity index (χ1v) is 8.17. The molecular formula is C19H22N4O5. The number of amides is 2. The molecule has 0 saturated heterocycles. The summed E-state index contributed by atoms with van der Waals surface area (Å²) in [4.78, 5) is 11.8. The normalized spacial score (nSPS) is 10.7. The van der Waals surface area contributed by atoms with Gasteiger partial charge in [0.25, 0.3) is 0 Å². The molecular weight excluding hydrogens is 364 g/mol. The number of hydrazone groups is 2. The fourth-order valence-corrected chi connectivity index (χ4v) is 2.23. The highest BCUT2D eigenvalue weighted by atomic mass is 16.5. The van der Waals surface area contributed by atoms with Gasteiger partial charge in [-0.15, -0.1) is 0 Å². The number of hydrogen-bond acceptors (Lipinski definition) is 7. The van der Waals surface area contributed by atoms with E-state index in [1.54, 1.807) is 64.8 Å². The average Bonchev–Trinajstić information content (AvgIpc) is 2.73. The Kier molecular flexibility index (Phi) is 7.64. The van der Waals surface area contributed by atoms with Crippen LogP contribution in [0.3, 0.4) is 0 Å². The van der Waals surface area contributed by atoms with E-state index in [0.717, 1.165) is 0 Å². The van der Waals surface area contributed by atoms with Gasteiger partial charge < -0.3 is 18.9 Å². The first kappa shape index (κ1) is 20.6. The molecule has 2 N–H and O–H groups in total. The topological polar surface area (TPSA) is 103 Å². The average molecular weight is 386 g/mol. The molecule has 0 radical (unpaired) electrons. The molecule has 0 aliphatic rings. The molecule has 0 fully saturated rings. The van der Waals surface area contributed by atoms with Gasteiger partial charge in [-0.25, -0.2) is 15.6 Å². The van der Waals surface area contributed by atoms with Crippen molar-refractivity contribution in [2.45, 2.75) is 0 Å². The van der Waals surface area contributed by atoms with Crippen molar-refractivity contribution in [1.82, 2.24) is 10.9 Å². The van der Waals surface area contributed by atoms with Crippen molar-refractivity contribution >= 4 is 18.5 Å². The minimum atomic E-state index is -0.615. The summed E-state index contributed by atoms with van der Waals surface area (Å²) in [6, 6.07) is 9.86. The van der Waals surface area contributed by atoms with Gasteiger partial charge in [0.1, 0.15) is 23.0 Å². The van der Waals surface area contributed by atoms with Gasteiger partial charge in [0.05, 0.1) is 40.9 Å². The molecule has 2 aromatic rings. The molecule has 2 amide bonds. The molecule has 2 aromatic carbocycles. The molecule has 28 heavy (non-hydrogen) atoms. The van der Waals surface area contributed by atoms with E-state index in [-0.39, 0.29) is 0 Å². The van der Waals surface area contributed by atoms with E-state index < -0.39 is 6.03 Å². The maximum atomic E-state index is 11.8. The Balaban J connectivity index is 1.96. The van der Waals surface area contributed by atoms with Crippen LogP contribution in [-0.2, 0) is 0 Å². The molecule has 0 atom stereocenters. The third-order valence-corrected chi connectivity index (χ3v) is 3.61. The Labute approximate surface area is 162 Å². The number of nitrogens with zero attached hydrogens (tertiary/aromatic N) is 2. The highest BCUT2D eigenvalue weighted by Gasteiger charge is 2.04. The van der Waals surface area contributed by atoms with E-state index in [9.17, 15) is 4.79 Å². The Bertz CT molecular complexity index is 798. The smallest absolute Gasteiger partial charge is 0.355 e. The number of hydrogen-bond donors (Lipinski definition) is 2. The molecule has 148 valence electrons. The van der Waals surface area contributed by atoms with E-state index in [0.29, 0.717) is 34.1 Å². The Hall–Kier alpha value is -3.75. The maximum Gasteiger partial charge on any atom is 0.355 e. The van der Waals surface area contributed by atoms with Crippen LogP contribution < -0.4 is 29.8 Å². The SMILES string of the molecule is COc1ccc(OC)c(C=NNC(=O)N/N=C/c2cc(OC)ccc2OC)c1. The number of carbonyl (C=O) groups is 1. The molecule has 0 bridgehead atoms. The molecule has 2 rings (SSSR count). The minimum Gasteiger partial charge on any atom is -0.497 e. The second kappa shape index (κ2) is 10.4. The van der Waals surface area contributed by atoms with Crippen LogP contribution in [0.2, 0.25) is 0 Å². The Morgan fingerprint density at radius 3 is 1.54 bits per heavy atom. The van der Waals surface area contributed by atoms with Crippen LogP contribution in [0.5, 0.6) is 23.0 Å². The van der Waals surface area contributed by atoms with Gasteiger partial charge >= 0.3 is 6.03 Å². The molecule has 9 heteroatoms. The summed E-state index contributed by atoms with van der Waals surface area (Å²) in [6.45, 7) is 0. The van der Waals surface area contributed by atoms with Crippen LogP contribution in [-0.4, -0.2) is 46.9 Å². The predicted molar refractivity (Wildman–Crippen MR) is 106 cm³/mol. The molecule has 0 spiro atoms. The van der Waals surface area contributed by atoms with Crippen LogP contribution in [0.25, 0.3) is 0 Å². The number of methoxy groups -OCH3 is 4. The Morgan fingerprint density at radius 2 is 1.18 bits per heavy atom. The monoisotopic (exact) mass is 386 g/mol. The Morgan fingerprint density at radius 1 is 0.750 bits per heavy atom. The second-order valence-corrected chi connectivity index (χ2v) is 5.28. The van der Waals surface area contributed by atoms with Crippen LogP contribution >= 0.6 is 0 Å². The van der Waals surface area contributed by atoms with E-state index in [4.69, 9.17) is 18.9 Å². The van der Waals surface area contributed by atoms with Gasteiger partial charge in [-0.1, -0.05) is 0 Å². The quantitative estimate of drug-likeness (QED) is 0.536. The zero-order chi connectivity index (χ0) is 20.4. The van der Waals surface area contributed by atoms with Gasteiger partial charge in [0.2, 0.25) is 0 Å². The largest absolute Gasteiger partial charge is 0.497 e. The van der Waals surface area contributed by atoms with Crippen LogP contribution in [0.15, 0.2) is 46.6 Å². The third kappa shape index (κ3) is 5.63. The van der Waals surface area contributed by atoms with Crippen LogP contribution in [0, 0.1) is 0 Å². The van der Waals surface area contributed by atoms with Crippen molar-refractivity contribution in [1.29, 1.82) is 0 Å². The maximum absolute atomic E-state index is 11.8. The molecule has 0 aromatic heterocycles. The lowest BCUT2D eigenvalue weighted by Crippen LogP contribution is -2.28. The molecule has 0 unspecified atom stereocenters. The number of carbonyl (C=O) groups excluding carboxylic acids is 1. The summed E-state index contributed by atoms with van der Waals surface area (Å²) >= 11 is 0. The highest BCUT2D eigenvalue weighted by molar-refractivity contribution is 5.87. The van der Waals surface area contributed by atoms with E-state index in [2.05, 4.69) is 21.1 Å². The number of ether oxygens (including phenoxy) is 4. The van der Waals surface area contributed by atoms with Crippen molar-refractivity contribution in [3.63, 3.8) is 0 Å². The highest BCUT2D eigenvalue weighted by Crippen LogP contribution is 2.23. The fraction of sp³-hybridized carbons (Fsp3) is 0.211. The first-order valence-electron chi connectivity index (χ1n) is 8.17. The van der Waals surface area contributed by atoms with Crippen molar-refractivity contribution in [2.75, 3.05) is 28.4 Å². The number of urea groups is 1. The van der Waals surface area contributed by atoms with Gasteiger partial charge in [0.15, 0.2) is 0 Å². The van der Waals surface area contributed by atoms with Gasteiger partial charge in [-0.2, -0.15) is 10.2 Å². The lowest BCUT2D eigenvalue weighted by molar-refractivity contribution is 0.242. The fourth-order valence-electron chi connectivity index (χ4n) is 2.23.